The molecule has 2 aliphatic rings. The van der Waals surface area contributed by atoms with Crippen LogP contribution in [0, 0.1) is 11.3 Å². The number of carbonyl (C=O) groups excluding carboxylic acids is 1. The van der Waals surface area contributed by atoms with E-state index < -0.39 is 0 Å². The number of nitrogens with two attached hydrogens (primary N) is 1. The number of piperidine rings is 1. The molecular formula is C24H31BrN6O4S. The number of likely N-dealkylation sites (tertiary alicyclic amines) is 1. The van der Waals surface area contributed by atoms with Gasteiger partial charge in [-0.25, -0.2) is 4.98 Å². The molecule has 1 fully saturated rings. The van der Waals surface area contributed by atoms with Gasteiger partial charge in [-0.2, -0.15) is 0 Å². The number of nitrogens with zero attached hydrogens (tertiary/aromatic N) is 3. The predicted octanol–water partition coefficient (Wildman–Crippen LogP) is 3.68. The second-order valence-corrected chi connectivity index (χ2v) is 10.4. The summed E-state index contributed by atoms with van der Waals surface area (Å²) in [5.74, 6) is 2.42. The molecule has 4 N–H and O–H groups in total. The molecule has 0 spiro atoms. The molecule has 4 rings (SSSR count). The van der Waals surface area contributed by atoms with Crippen molar-refractivity contribution in [1.29, 1.82) is 5.41 Å². The van der Waals surface area contributed by atoms with Gasteiger partial charge < -0.3 is 34.7 Å². The van der Waals surface area contributed by atoms with Crippen LogP contribution in [-0.4, -0.2) is 66.2 Å². The summed E-state index contributed by atoms with van der Waals surface area (Å²) in [5.41, 5.74) is 6.26. The van der Waals surface area contributed by atoms with Gasteiger partial charge in [0, 0.05) is 36.1 Å². The van der Waals surface area contributed by atoms with E-state index in [1.54, 1.807) is 13.3 Å². The summed E-state index contributed by atoms with van der Waals surface area (Å²) in [4.78, 5) is 19.6. The second kappa shape index (κ2) is 12.0. The quantitative estimate of drug-likeness (QED) is 0.288. The van der Waals surface area contributed by atoms with E-state index in [4.69, 9.17) is 30.3 Å². The third-order valence-electron chi connectivity index (χ3n) is 6.22. The number of hydrogen-bond acceptors (Lipinski definition) is 8. The lowest BCUT2D eigenvalue weighted by Gasteiger charge is -2.32. The number of nitrogens with one attached hydrogen (secondary N) is 2. The summed E-state index contributed by atoms with van der Waals surface area (Å²) in [7, 11) is 1.54. The maximum Gasteiger partial charge on any atom is 0.248 e. The number of imidazole rings is 1. The van der Waals surface area contributed by atoms with Crippen LogP contribution in [0.5, 0.6) is 11.5 Å². The Morgan fingerprint density at radius 1 is 1.36 bits per heavy atom. The van der Waals surface area contributed by atoms with Crippen LogP contribution in [-0.2, 0) is 16.1 Å². The fourth-order valence-corrected chi connectivity index (χ4v) is 5.88. The first-order valence-electron chi connectivity index (χ1n) is 11.8. The highest BCUT2D eigenvalue weighted by Gasteiger charge is 2.25. The van der Waals surface area contributed by atoms with Crippen LogP contribution in [0.25, 0.3) is 0 Å². The van der Waals surface area contributed by atoms with Crippen LogP contribution in [0.15, 0.2) is 39.4 Å². The van der Waals surface area contributed by atoms with Crippen LogP contribution in [0.2, 0.25) is 0 Å². The first-order valence-corrected chi connectivity index (χ1v) is 13.4. The Morgan fingerprint density at radius 3 is 2.69 bits per heavy atom. The van der Waals surface area contributed by atoms with Gasteiger partial charge in [0.2, 0.25) is 5.91 Å². The first-order chi connectivity index (χ1) is 17.4. The molecule has 2 aliphatic heterocycles. The van der Waals surface area contributed by atoms with Crippen LogP contribution in [0.4, 0.5) is 5.82 Å². The molecule has 0 aliphatic carbocycles. The molecule has 3 heterocycles. The minimum absolute atomic E-state index is 0.0396. The molecule has 2 aromatic rings. The number of anilines is 1. The van der Waals surface area contributed by atoms with Crippen LogP contribution < -0.4 is 20.5 Å². The highest BCUT2D eigenvalue weighted by atomic mass is 79.9. The van der Waals surface area contributed by atoms with Crippen molar-refractivity contribution in [3.63, 3.8) is 0 Å². The van der Waals surface area contributed by atoms with E-state index in [1.165, 1.54) is 11.8 Å². The minimum atomic E-state index is -0.119. The molecule has 10 nitrogen and oxygen atoms in total. The largest absolute Gasteiger partial charge is 0.486 e. The topological polar surface area (TPSA) is 128 Å². The Bertz CT molecular complexity index is 1130. The van der Waals surface area contributed by atoms with Gasteiger partial charge in [0.15, 0.2) is 16.7 Å². The van der Waals surface area contributed by atoms with E-state index in [0.717, 1.165) is 41.7 Å². The number of amides is 1. The lowest BCUT2D eigenvalue weighted by atomic mass is 9.93. The smallest absolute Gasteiger partial charge is 0.248 e. The highest BCUT2D eigenvalue weighted by Crippen LogP contribution is 2.42. The molecular weight excluding hydrogens is 548 g/mol. The lowest BCUT2D eigenvalue weighted by molar-refractivity contribution is -0.136. The molecule has 0 radical (unpaired) electrons. The Kier molecular flexibility index (Phi) is 8.81. The van der Waals surface area contributed by atoms with Crippen molar-refractivity contribution in [2.75, 3.05) is 45.3 Å². The molecule has 36 heavy (non-hydrogen) atoms. The van der Waals surface area contributed by atoms with Crippen LogP contribution in [0.3, 0.4) is 0 Å². The van der Waals surface area contributed by atoms with E-state index in [0.29, 0.717) is 53.8 Å². The maximum atomic E-state index is 12.1. The van der Waals surface area contributed by atoms with Crippen molar-refractivity contribution >= 4 is 45.3 Å². The molecule has 1 aromatic heterocycles. The molecule has 0 bridgehead atoms. The first kappa shape index (κ1) is 26.4. The summed E-state index contributed by atoms with van der Waals surface area (Å²) in [6, 6.07) is 3.83. The Balaban J connectivity index is 1.54. The zero-order valence-electron chi connectivity index (χ0n) is 20.2. The zero-order chi connectivity index (χ0) is 25.7. The predicted molar refractivity (Wildman–Crippen MR) is 142 cm³/mol. The monoisotopic (exact) mass is 578 g/mol. The van der Waals surface area contributed by atoms with Gasteiger partial charge in [0.05, 0.1) is 0 Å². The summed E-state index contributed by atoms with van der Waals surface area (Å²) in [5, 5.41) is 11.9. The van der Waals surface area contributed by atoms with Crippen molar-refractivity contribution in [2.45, 2.75) is 35.9 Å². The molecule has 1 saturated heterocycles. The lowest BCUT2D eigenvalue weighted by Crippen LogP contribution is -2.40. The van der Waals surface area contributed by atoms with Crippen molar-refractivity contribution < 1.29 is 19.0 Å². The third kappa shape index (κ3) is 5.98. The van der Waals surface area contributed by atoms with Gasteiger partial charge in [-0.15, -0.1) is 0 Å². The molecule has 1 amide bonds. The van der Waals surface area contributed by atoms with Crippen LogP contribution in [0.1, 0.15) is 25.0 Å². The number of nitrogen functional groups attached to an aromatic ring is 1. The Morgan fingerprint density at radius 2 is 2.06 bits per heavy atom. The van der Waals surface area contributed by atoms with Gasteiger partial charge >= 0.3 is 0 Å². The van der Waals surface area contributed by atoms with Crippen LogP contribution >= 0.6 is 27.7 Å². The number of benzene rings is 1. The van der Waals surface area contributed by atoms with E-state index in [1.807, 2.05) is 17.0 Å². The van der Waals surface area contributed by atoms with Crippen molar-refractivity contribution in [1.82, 2.24) is 14.5 Å². The van der Waals surface area contributed by atoms with E-state index >= 15 is 0 Å². The average Bonchev–Trinajstić information content (AvgIpc) is 3.21. The number of rotatable bonds is 10. The SMILES string of the molecule is C=CNc1c(C(=N)N)nc(Sc2cc3c(cc2Br)OCCO3)n1CCC1CCN(C(=O)COC)CC1. The highest BCUT2D eigenvalue weighted by molar-refractivity contribution is 9.10. The number of ether oxygens (including phenoxy) is 3. The van der Waals surface area contributed by atoms with Gasteiger partial charge in [-0.05, 0) is 59.4 Å². The average molecular weight is 580 g/mol. The van der Waals surface area contributed by atoms with Gasteiger partial charge in [-0.3, -0.25) is 10.2 Å². The number of methoxy groups -OCH3 is 1. The number of fused-ring (bicyclic) bond motifs is 1. The standard InChI is InChI=1S/C24H31BrN6O4S/c1-3-28-23-21(22(26)27)29-24(36-19-13-18-17(12-16(19)25)34-10-11-35-18)31(23)9-6-15-4-7-30(8-5-15)20(32)14-33-2/h3,12-13,15,28H,1,4-11,14H2,2H3,(H3,26,27). The number of halogens is 1. The molecule has 0 saturated carbocycles. The van der Waals surface area contributed by atoms with Crippen molar-refractivity contribution in [3.05, 3.63) is 35.1 Å². The summed E-state index contributed by atoms with van der Waals surface area (Å²) in [6.45, 7) is 7.09. The summed E-state index contributed by atoms with van der Waals surface area (Å²) < 4.78 is 19.3. The molecule has 1 aromatic carbocycles. The van der Waals surface area contributed by atoms with Crippen molar-refractivity contribution in [3.8, 4) is 11.5 Å². The number of amidine groups is 1. The Hall–Kier alpha value is -2.70. The van der Waals surface area contributed by atoms with E-state index in [2.05, 4.69) is 32.4 Å². The second-order valence-electron chi connectivity index (χ2n) is 8.58. The number of carbonyl (C=O) groups is 1. The van der Waals surface area contributed by atoms with Gasteiger partial charge in [0.25, 0.3) is 0 Å². The maximum absolute atomic E-state index is 12.1. The number of aromatic nitrogens is 2. The van der Waals surface area contributed by atoms with E-state index in [-0.39, 0.29) is 18.3 Å². The molecule has 194 valence electrons. The minimum Gasteiger partial charge on any atom is -0.486 e. The fraction of sp³-hybridized carbons (Fsp3) is 0.458. The summed E-state index contributed by atoms with van der Waals surface area (Å²) >= 11 is 5.10. The summed E-state index contributed by atoms with van der Waals surface area (Å²) in [6.07, 6.45) is 4.34. The van der Waals surface area contributed by atoms with Crippen molar-refractivity contribution in [2.24, 2.45) is 11.7 Å². The Labute approximate surface area is 223 Å². The third-order valence-corrected chi connectivity index (χ3v) is 8.19. The van der Waals surface area contributed by atoms with E-state index in [9.17, 15) is 4.79 Å². The zero-order valence-corrected chi connectivity index (χ0v) is 22.6. The number of hydrogen-bond donors (Lipinski definition) is 3. The van der Waals surface area contributed by atoms with Gasteiger partial charge in [-0.1, -0.05) is 18.3 Å². The van der Waals surface area contributed by atoms with Gasteiger partial charge in [0.1, 0.15) is 37.2 Å². The fourth-order valence-electron chi connectivity index (χ4n) is 4.37. The molecule has 0 unspecified atom stereocenters. The molecule has 12 heteroatoms. The normalized spacial score (nSPS) is 15.6. The molecule has 0 atom stereocenters.